The molecular weight excluding hydrogens is 298 g/mol. The van der Waals surface area contributed by atoms with Crippen LogP contribution in [0.25, 0.3) is 0 Å². The lowest BCUT2D eigenvalue weighted by molar-refractivity contribution is 0.535. The molecule has 1 aliphatic carbocycles. The third kappa shape index (κ3) is 2.75. The van der Waals surface area contributed by atoms with Crippen molar-refractivity contribution in [1.29, 1.82) is 0 Å². The quantitative estimate of drug-likeness (QED) is 0.892. The fourth-order valence-electron chi connectivity index (χ4n) is 2.68. The molecule has 0 fully saturated rings. The molecule has 2 aromatic rings. The SMILES string of the molecule is Cc1ccc(CNCC2Cc3ccccc32)cc1Br. The first-order chi connectivity index (χ1) is 9.24. The molecule has 2 heteroatoms. The topological polar surface area (TPSA) is 12.0 Å². The lowest BCUT2D eigenvalue weighted by atomic mass is 9.77. The normalized spacial score (nSPS) is 16.8. The lowest BCUT2D eigenvalue weighted by Gasteiger charge is -2.30. The molecule has 0 amide bonds. The smallest absolute Gasteiger partial charge is 0.0207 e. The number of hydrogen-bond donors (Lipinski definition) is 1. The Morgan fingerprint density at radius 3 is 2.84 bits per heavy atom. The predicted octanol–water partition coefficient (Wildman–Crippen LogP) is 4.19. The second-order valence-electron chi connectivity index (χ2n) is 5.31. The average molecular weight is 316 g/mol. The van der Waals surface area contributed by atoms with E-state index < -0.39 is 0 Å². The Hall–Kier alpha value is -1.12. The third-order valence-corrected chi connectivity index (χ3v) is 4.77. The summed E-state index contributed by atoms with van der Waals surface area (Å²) in [4.78, 5) is 0. The Bertz CT molecular complexity index is 592. The van der Waals surface area contributed by atoms with Crippen molar-refractivity contribution < 1.29 is 0 Å². The molecule has 1 atom stereocenters. The molecule has 0 spiro atoms. The van der Waals surface area contributed by atoms with Crippen molar-refractivity contribution in [2.45, 2.75) is 25.8 Å². The summed E-state index contributed by atoms with van der Waals surface area (Å²) >= 11 is 3.59. The van der Waals surface area contributed by atoms with Crippen LogP contribution in [0.2, 0.25) is 0 Å². The van der Waals surface area contributed by atoms with Crippen molar-refractivity contribution in [3.8, 4) is 0 Å². The number of hydrogen-bond acceptors (Lipinski definition) is 1. The third-order valence-electron chi connectivity index (χ3n) is 3.92. The number of halogens is 1. The fraction of sp³-hybridized carbons (Fsp3) is 0.294. The van der Waals surface area contributed by atoms with Crippen molar-refractivity contribution in [2.75, 3.05) is 6.54 Å². The van der Waals surface area contributed by atoms with Crippen LogP contribution in [0.3, 0.4) is 0 Å². The van der Waals surface area contributed by atoms with E-state index in [1.165, 1.54) is 33.1 Å². The second kappa shape index (κ2) is 5.48. The zero-order chi connectivity index (χ0) is 13.2. The average Bonchev–Trinajstić information content (AvgIpc) is 2.39. The lowest BCUT2D eigenvalue weighted by Crippen LogP contribution is -2.28. The molecule has 0 heterocycles. The van der Waals surface area contributed by atoms with Gasteiger partial charge in [-0.3, -0.25) is 0 Å². The monoisotopic (exact) mass is 315 g/mol. The molecule has 1 nitrogen and oxygen atoms in total. The van der Waals surface area contributed by atoms with Gasteiger partial charge in [0.15, 0.2) is 0 Å². The van der Waals surface area contributed by atoms with Crippen molar-refractivity contribution in [2.24, 2.45) is 0 Å². The van der Waals surface area contributed by atoms with E-state index >= 15 is 0 Å². The van der Waals surface area contributed by atoms with Crippen LogP contribution in [0.4, 0.5) is 0 Å². The van der Waals surface area contributed by atoms with Gasteiger partial charge < -0.3 is 5.32 Å². The van der Waals surface area contributed by atoms with Gasteiger partial charge in [-0.25, -0.2) is 0 Å². The molecule has 0 aromatic heterocycles. The van der Waals surface area contributed by atoms with E-state index in [2.05, 4.69) is 70.6 Å². The van der Waals surface area contributed by atoms with Gasteiger partial charge in [0.1, 0.15) is 0 Å². The van der Waals surface area contributed by atoms with Gasteiger partial charge in [0.05, 0.1) is 0 Å². The molecule has 0 aliphatic heterocycles. The summed E-state index contributed by atoms with van der Waals surface area (Å²) in [6, 6.07) is 15.3. The van der Waals surface area contributed by atoms with E-state index in [-0.39, 0.29) is 0 Å². The first-order valence-electron chi connectivity index (χ1n) is 6.77. The molecule has 1 unspecified atom stereocenters. The van der Waals surface area contributed by atoms with Crippen LogP contribution in [0.5, 0.6) is 0 Å². The van der Waals surface area contributed by atoms with E-state index in [1.54, 1.807) is 0 Å². The van der Waals surface area contributed by atoms with Crippen molar-refractivity contribution >= 4 is 15.9 Å². The Labute approximate surface area is 123 Å². The molecular formula is C17H18BrN. The minimum absolute atomic E-state index is 0.699. The van der Waals surface area contributed by atoms with Gasteiger partial charge in [-0.05, 0) is 41.7 Å². The summed E-state index contributed by atoms with van der Waals surface area (Å²) < 4.78 is 1.20. The molecule has 2 aromatic carbocycles. The van der Waals surface area contributed by atoms with Gasteiger partial charge in [-0.1, -0.05) is 52.3 Å². The molecule has 0 bridgehead atoms. The first-order valence-corrected chi connectivity index (χ1v) is 7.57. The van der Waals surface area contributed by atoms with Gasteiger partial charge in [0.2, 0.25) is 0 Å². The Balaban J connectivity index is 1.53. The number of nitrogens with one attached hydrogen (secondary N) is 1. The highest BCUT2D eigenvalue weighted by Gasteiger charge is 2.24. The molecule has 0 radical (unpaired) electrons. The largest absolute Gasteiger partial charge is 0.312 e. The van der Waals surface area contributed by atoms with Gasteiger partial charge in [0.25, 0.3) is 0 Å². The number of rotatable bonds is 4. The van der Waals surface area contributed by atoms with Crippen LogP contribution < -0.4 is 5.32 Å². The Morgan fingerprint density at radius 2 is 2.05 bits per heavy atom. The van der Waals surface area contributed by atoms with Crippen LogP contribution in [0.1, 0.15) is 28.2 Å². The van der Waals surface area contributed by atoms with Crippen molar-refractivity contribution in [3.05, 3.63) is 69.2 Å². The zero-order valence-electron chi connectivity index (χ0n) is 11.1. The minimum Gasteiger partial charge on any atom is -0.312 e. The molecule has 1 aliphatic rings. The van der Waals surface area contributed by atoms with Crippen molar-refractivity contribution in [3.63, 3.8) is 0 Å². The van der Waals surface area contributed by atoms with E-state index in [4.69, 9.17) is 0 Å². The van der Waals surface area contributed by atoms with Gasteiger partial charge in [-0.2, -0.15) is 0 Å². The molecule has 0 saturated carbocycles. The summed E-state index contributed by atoms with van der Waals surface area (Å²) in [7, 11) is 0. The maximum absolute atomic E-state index is 3.59. The van der Waals surface area contributed by atoms with E-state index in [0.717, 1.165) is 13.1 Å². The van der Waals surface area contributed by atoms with Crippen LogP contribution >= 0.6 is 15.9 Å². The molecule has 98 valence electrons. The molecule has 3 rings (SSSR count). The maximum atomic E-state index is 3.59. The Morgan fingerprint density at radius 1 is 1.21 bits per heavy atom. The molecule has 1 N–H and O–H groups in total. The highest BCUT2D eigenvalue weighted by Crippen LogP contribution is 2.34. The Kier molecular flexibility index (Phi) is 3.72. The summed E-state index contributed by atoms with van der Waals surface area (Å²) in [5, 5.41) is 3.57. The molecule has 0 saturated heterocycles. The highest BCUT2D eigenvalue weighted by atomic mass is 79.9. The summed E-state index contributed by atoms with van der Waals surface area (Å²) in [6.45, 7) is 4.13. The van der Waals surface area contributed by atoms with Gasteiger partial charge in [0, 0.05) is 23.5 Å². The van der Waals surface area contributed by atoms with E-state index in [1.807, 2.05) is 0 Å². The standard InChI is InChI=1S/C17H18BrN/c1-12-6-7-13(8-17(12)18)10-19-11-15-9-14-4-2-3-5-16(14)15/h2-8,15,19H,9-11H2,1H3. The van der Waals surface area contributed by atoms with Crippen molar-refractivity contribution in [1.82, 2.24) is 5.32 Å². The summed E-state index contributed by atoms with van der Waals surface area (Å²) in [5.41, 5.74) is 5.68. The maximum Gasteiger partial charge on any atom is 0.0207 e. The van der Waals surface area contributed by atoms with Crippen LogP contribution in [0, 0.1) is 6.92 Å². The van der Waals surface area contributed by atoms with Gasteiger partial charge >= 0.3 is 0 Å². The number of benzene rings is 2. The summed E-state index contributed by atoms with van der Waals surface area (Å²) in [6.07, 6.45) is 1.22. The van der Waals surface area contributed by atoms with E-state index in [0.29, 0.717) is 5.92 Å². The minimum atomic E-state index is 0.699. The van der Waals surface area contributed by atoms with E-state index in [9.17, 15) is 0 Å². The summed E-state index contributed by atoms with van der Waals surface area (Å²) in [5.74, 6) is 0.699. The fourth-order valence-corrected chi connectivity index (χ4v) is 3.11. The number of aryl methyl sites for hydroxylation is 1. The molecule has 19 heavy (non-hydrogen) atoms. The second-order valence-corrected chi connectivity index (χ2v) is 6.17. The number of fused-ring (bicyclic) bond motifs is 1. The van der Waals surface area contributed by atoms with Crippen LogP contribution in [0.15, 0.2) is 46.9 Å². The van der Waals surface area contributed by atoms with Crippen LogP contribution in [-0.4, -0.2) is 6.54 Å². The highest BCUT2D eigenvalue weighted by molar-refractivity contribution is 9.10. The first kappa shape index (κ1) is 12.9. The zero-order valence-corrected chi connectivity index (χ0v) is 12.7. The van der Waals surface area contributed by atoms with Gasteiger partial charge in [-0.15, -0.1) is 0 Å². The van der Waals surface area contributed by atoms with Crippen LogP contribution in [-0.2, 0) is 13.0 Å². The predicted molar refractivity (Wildman–Crippen MR) is 83.5 cm³/mol.